The smallest absolute Gasteiger partial charge is 0.211 e. The minimum Gasteiger partial charge on any atom is -0.748 e. The lowest BCUT2D eigenvalue weighted by Gasteiger charge is -2.01. The predicted octanol–water partition coefficient (Wildman–Crippen LogP) is 1.62. The molecule has 0 amide bonds. The monoisotopic (exact) mass is 212 g/mol. The van der Waals surface area contributed by atoms with Crippen LogP contribution in [0.25, 0.3) is 0 Å². The molecule has 0 radical (unpaired) electrons. The molecule has 13 heavy (non-hydrogen) atoms. The largest absolute Gasteiger partial charge is 0.748 e. The first-order valence-electron chi connectivity index (χ1n) is 3.92. The van der Waals surface area contributed by atoms with Gasteiger partial charge in [-0.15, -0.1) is 11.8 Å². The van der Waals surface area contributed by atoms with Gasteiger partial charge in [0.15, 0.2) is 0 Å². The molecule has 4 heteroatoms. The van der Waals surface area contributed by atoms with Crippen LogP contribution in [-0.4, -0.2) is 10.6 Å². The van der Waals surface area contributed by atoms with Crippen LogP contribution in [0.3, 0.4) is 0 Å². The maximum Gasteiger partial charge on any atom is 0.211 e. The van der Waals surface area contributed by atoms with Gasteiger partial charge in [0.1, 0.15) is 0 Å². The average Bonchev–Trinajstić information content (AvgIpc) is 2.09. The number of pyridine rings is 1. The fourth-order valence-electron chi connectivity index (χ4n) is 0.990. The lowest BCUT2D eigenvalue weighted by atomic mass is 10.2. The van der Waals surface area contributed by atoms with Gasteiger partial charge in [-0.25, -0.2) is 0 Å². The number of aryl methyl sites for hydroxylation is 2. The van der Waals surface area contributed by atoms with Crippen molar-refractivity contribution in [2.45, 2.75) is 13.8 Å². The highest BCUT2D eigenvalue weighted by Crippen LogP contribution is 1.98. The molecule has 0 saturated heterocycles. The van der Waals surface area contributed by atoms with Crippen molar-refractivity contribution in [1.29, 1.82) is 0 Å². The standard InChI is InChI=1S/C9H12N2S2/c1-7-4-5-11(8(2)6-7)10-9(12)13-3/h4-6H,1-3H3. The SMILES string of the molecule is CS/C([S-])=N/[n+]1ccc(C)cc1C. The molecule has 1 rings (SSSR count). The topological polar surface area (TPSA) is 16.2 Å². The summed E-state index contributed by atoms with van der Waals surface area (Å²) < 4.78 is 2.45. The van der Waals surface area contributed by atoms with Gasteiger partial charge in [-0.3, -0.25) is 0 Å². The molecule has 1 heterocycles. The first kappa shape index (κ1) is 10.5. The second-order valence-corrected chi connectivity index (χ2v) is 4.20. The Bertz CT molecular complexity index is 334. The molecule has 0 fully saturated rings. The second kappa shape index (κ2) is 4.58. The Hall–Kier alpha value is -0.610. The summed E-state index contributed by atoms with van der Waals surface area (Å²) in [5, 5.41) is 4.23. The quantitative estimate of drug-likeness (QED) is 0.304. The van der Waals surface area contributed by atoms with Crippen molar-refractivity contribution in [2.75, 3.05) is 6.26 Å². The number of thioether (sulfide) groups is 1. The minimum atomic E-state index is 0.650. The van der Waals surface area contributed by atoms with Crippen molar-refractivity contribution >= 4 is 28.8 Å². The zero-order valence-corrected chi connectivity index (χ0v) is 9.58. The average molecular weight is 212 g/mol. The summed E-state index contributed by atoms with van der Waals surface area (Å²) in [6.07, 6.45) is 3.85. The molecule has 70 valence electrons. The van der Waals surface area contributed by atoms with Crippen LogP contribution >= 0.6 is 11.8 Å². The van der Waals surface area contributed by atoms with Gasteiger partial charge in [0.05, 0.1) is 0 Å². The van der Waals surface area contributed by atoms with E-state index in [1.54, 1.807) is 4.68 Å². The van der Waals surface area contributed by atoms with E-state index in [0.29, 0.717) is 4.38 Å². The minimum absolute atomic E-state index is 0.650. The van der Waals surface area contributed by atoms with Crippen LogP contribution in [0.5, 0.6) is 0 Å². The zero-order chi connectivity index (χ0) is 9.84. The van der Waals surface area contributed by atoms with Gasteiger partial charge in [-0.05, 0) is 23.8 Å². The van der Waals surface area contributed by atoms with Gasteiger partial charge < -0.3 is 12.6 Å². The van der Waals surface area contributed by atoms with E-state index in [9.17, 15) is 0 Å². The molecule has 0 N–H and O–H groups in total. The highest BCUT2D eigenvalue weighted by molar-refractivity contribution is 8.26. The van der Waals surface area contributed by atoms with Crippen molar-refractivity contribution in [1.82, 2.24) is 0 Å². The Balaban J connectivity index is 3.03. The number of nitrogens with zero attached hydrogens (tertiary/aromatic N) is 2. The molecule has 1 aromatic heterocycles. The zero-order valence-electron chi connectivity index (χ0n) is 7.94. The molecule has 0 bridgehead atoms. The van der Waals surface area contributed by atoms with Crippen LogP contribution in [0.15, 0.2) is 23.4 Å². The summed E-state index contributed by atoms with van der Waals surface area (Å²) in [5.74, 6) is 0. The molecule has 0 spiro atoms. The molecule has 0 unspecified atom stereocenters. The highest BCUT2D eigenvalue weighted by Gasteiger charge is 2.02. The van der Waals surface area contributed by atoms with Crippen molar-refractivity contribution in [3.63, 3.8) is 0 Å². The normalized spacial score (nSPS) is 11.8. The van der Waals surface area contributed by atoms with Gasteiger partial charge >= 0.3 is 0 Å². The second-order valence-electron chi connectivity index (χ2n) is 2.76. The van der Waals surface area contributed by atoms with E-state index in [2.05, 4.69) is 18.1 Å². The third kappa shape index (κ3) is 2.97. The fraction of sp³-hybridized carbons (Fsp3) is 0.333. The molecule has 0 aliphatic heterocycles. The number of hydrogen-bond acceptors (Lipinski definition) is 3. The van der Waals surface area contributed by atoms with E-state index in [1.165, 1.54) is 17.3 Å². The van der Waals surface area contributed by atoms with Crippen LogP contribution < -0.4 is 4.68 Å². The van der Waals surface area contributed by atoms with Crippen molar-refractivity contribution in [2.24, 2.45) is 5.10 Å². The third-order valence-electron chi connectivity index (χ3n) is 1.64. The van der Waals surface area contributed by atoms with Gasteiger partial charge in [0.25, 0.3) is 0 Å². The highest BCUT2D eigenvalue weighted by atomic mass is 32.2. The van der Waals surface area contributed by atoms with Crippen LogP contribution in [-0.2, 0) is 12.6 Å². The van der Waals surface area contributed by atoms with Gasteiger partial charge in [0.2, 0.25) is 11.9 Å². The molecule has 2 nitrogen and oxygen atoms in total. The molecule has 0 aliphatic carbocycles. The van der Waals surface area contributed by atoms with E-state index in [4.69, 9.17) is 12.6 Å². The molecular formula is C9H12N2S2. The first-order valence-corrected chi connectivity index (χ1v) is 5.55. The van der Waals surface area contributed by atoms with Crippen molar-refractivity contribution in [3.8, 4) is 0 Å². The lowest BCUT2D eigenvalue weighted by molar-refractivity contribution is -0.684. The van der Waals surface area contributed by atoms with E-state index >= 15 is 0 Å². The molecule has 1 aromatic rings. The molecule has 0 atom stereocenters. The van der Waals surface area contributed by atoms with E-state index in [0.717, 1.165) is 5.69 Å². The Labute approximate surface area is 88.5 Å². The molecular weight excluding hydrogens is 200 g/mol. The molecule has 0 aromatic carbocycles. The maximum atomic E-state index is 5.01. The lowest BCUT2D eigenvalue weighted by Crippen LogP contribution is -2.31. The first-order chi connectivity index (χ1) is 6.13. The van der Waals surface area contributed by atoms with Crippen LogP contribution in [0, 0.1) is 13.8 Å². The number of rotatable bonds is 1. The summed E-state index contributed by atoms with van der Waals surface area (Å²) in [4.78, 5) is 0. The Morgan fingerprint density at radius 1 is 1.54 bits per heavy atom. The van der Waals surface area contributed by atoms with Crippen molar-refractivity contribution < 1.29 is 4.68 Å². The Morgan fingerprint density at radius 3 is 2.77 bits per heavy atom. The summed E-state index contributed by atoms with van der Waals surface area (Å²) in [7, 11) is 0. The van der Waals surface area contributed by atoms with E-state index in [-0.39, 0.29) is 0 Å². The van der Waals surface area contributed by atoms with Gasteiger partial charge in [-0.2, -0.15) is 0 Å². The maximum absolute atomic E-state index is 5.01. The van der Waals surface area contributed by atoms with Gasteiger partial charge in [-0.1, -0.05) is 4.68 Å². The molecule has 0 saturated carbocycles. The summed E-state index contributed by atoms with van der Waals surface area (Å²) >= 11 is 6.48. The Morgan fingerprint density at radius 2 is 2.23 bits per heavy atom. The van der Waals surface area contributed by atoms with Crippen molar-refractivity contribution in [3.05, 3.63) is 29.6 Å². The van der Waals surface area contributed by atoms with E-state index < -0.39 is 0 Å². The Kier molecular flexibility index (Phi) is 3.69. The number of hydrogen-bond donors (Lipinski definition) is 0. The molecule has 0 aliphatic rings. The summed E-state index contributed by atoms with van der Waals surface area (Å²) in [6.45, 7) is 4.07. The third-order valence-corrected chi connectivity index (χ3v) is 2.65. The summed E-state index contributed by atoms with van der Waals surface area (Å²) in [5.41, 5.74) is 2.33. The summed E-state index contributed by atoms with van der Waals surface area (Å²) in [6, 6.07) is 4.09. The van der Waals surface area contributed by atoms with Crippen LogP contribution in [0.4, 0.5) is 0 Å². The van der Waals surface area contributed by atoms with Crippen LogP contribution in [0.2, 0.25) is 0 Å². The fourth-order valence-corrected chi connectivity index (χ4v) is 1.25. The van der Waals surface area contributed by atoms with Crippen LogP contribution in [0.1, 0.15) is 11.3 Å². The van der Waals surface area contributed by atoms with E-state index in [1.807, 2.05) is 25.4 Å². The number of aromatic nitrogens is 1. The predicted molar refractivity (Wildman–Crippen MR) is 59.8 cm³/mol. The van der Waals surface area contributed by atoms with Gasteiger partial charge in [0, 0.05) is 23.4 Å².